The smallest absolute Gasteiger partial charge is 0.150 e. The van der Waals surface area contributed by atoms with E-state index in [0.717, 1.165) is 30.1 Å². The average Bonchev–Trinajstić information content (AvgIpc) is 3.06. The Bertz CT molecular complexity index is 656. The van der Waals surface area contributed by atoms with Crippen LogP contribution in [0.4, 0.5) is 0 Å². The zero-order chi connectivity index (χ0) is 13.1. The molecule has 0 aliphatic carbocycles. The number of benzene rings is 1. The van der Waals surface area contributed by atoms with Gasteiger partial charge in [-0.1, -0.05) is 30.3 Å². The molecule has 19 heavy (non-hydrogen) atoms. The minimum absolute atomic E-state index is 0.669. The summed E-state index contributed by atoms with van der Waals surface area (Å²) in [4.78, 5) is 0. The van der Waals surface area contributed by atoms with Crippen LogP contribution in [-0.4, -0.2) is 5.16 Å². The first kappa shape index (κ1) is 12.0. The van der Waals surface area contributed by atoms with Crippen molar-refractivity contribution in [1.82, 2.24) is 10.5 Å². The summed E-state index contributed by atoms with van der Waals surface area (Å²) in [5.74, 6) is 1.89. The second-order valence-electron chi connectivity index (χ2n) is 4.44. The van der Waals surface area contributed by atoms with Crippen molar-refractivity contribution in [3.63, 3.8) is 0 Å². The van der Waals surface area contributed by atoms with Crippen LogP contribution in [0.2, 0.25) is 0 Å². The lowest BCUT2D eigenvalue weighted by Crippen LogP contribution is -2.12. The monoisotopic (exact) mass is 256 g/mol. The van der Waals surface area contributed by atoms with E-state index >= 15 is 0 Å². The lowest BCUT2D eigenvalue weighted by atomic mass is 10.1. The molecule has 0 aliphatic rings. The van der Waals surface area contributed by atoms with Gasteiger partial charge in [-0.15, -0.1) is 0 Å². The van der Waals surface area contributed by atoms with Crippen molar-refractivity contribution in [2.75, 3.05) is 0 Å². The molecule has 1 N–H and O–H groups in total. The molecule has 0 unspecified atom stereocenters. The van der Waals surface area contributed by atoms with E-state index in [1.807, 2.05) is 24.3 Å². The van der Waals surface area contributed by atoms with Gasteiger partial charge in [0, 0.05) is 30.0 Å². The predicted molar refractivity (Wildman–Crippen MR) is 72.6 cm³/mol. The molecule has 1 aromatic carbocycles. The highest BCUT2D eigenvalue weighted by Crippen LogP contribution is 2.26. The van der Waals surface area contributed by atoms with E-state index in [-0.39, 0.29) is 0 Å². The summed E-state index contributed by atoms with van der Waals surface area (Å²) in [6, 6.07) is 10.0. The van der Waals surface area contributed by atoms with Gasteiger partial charge in [0.25, 0.3) is 0 Å². The molecule has 4 nitrogen and oxygen atoms in total. The molecule has 2 aromatic heterocycles. The number of nitrogens with one attached hydrogen (secondary N) is 1. The largest absolute Gasteiger partial charge is 0.461 e. The number of aryl methyl sites for hydroxylation is 1. The zero-order valence-corrected chi connectivity index (χ0v) is 10.8. The van der Waals surface area contributed by atoms with Crippen LogP contribution in [-0.2, 0) is 19.5 Å². The van der Waals surface area contributed by atoms with E-state index in [1.54, 1.807) is 6.20 Å². The van der Waals surface area contributed by atoms with E-state index < -0.39 is 0 Å². The molecule has 0 spiro atoms. The van der Waals surface area contributed by atoms with Crippen LogP contribution in [0.5, 0.6) is 0 Å². The summed E-state index contributed by atoms with van der Waals surface area (Å²) in [7, 11) is 0. The summed E-state index contributed by atoms with van der Waals surface area (Å²) < 4.78 is 10.9. The summed E-state index contributed by atoms with van der Waals surface area (Å²) >= 11 is 0. The Hall–Kier alpha value is -2.07. The molecule has 98 valence electrons. The molecular formula is C15H16N2O2. The predicted octanol–water partition coefficient (Wildman–Crippen LogP) is 3.27. The third kappa shape index (κ3) is 2.39. The van der Waals surface area contributed by atoms with Gasteiger partial charge in [0.15, 0.2) is 0 Å². The second-order valence-corrected chi connectivity index (χ2v) is 4.44. The molecule has 0 aliphatic heterocycles. The number of aromatic nitrogens is 1. The molecule has 0 atom stereocenters. The molecule has 3 aromatic rings. The maximum absolute atomic E-state index is 5.86. The standard InChI is InChI=1S/C15H16N2O2/c1-2-14-13(10-16-9-11-7-8-17-19-11)12-5-3-4-6-15(12)18-14/h3-8,16H,2,9-10H2,1H3. The van der Waals surface area contributed by atoms with E-state index in [9.17, 15) is 0 Å². The summed E-state index contributed by atoms with van der Waals surface area (Å²) in [5.41, 5.74) is 2.19. The molecular weight excluding hydrogens is 240 g/mol. The molecule has 0 fully saturated rings. The van der Waals surface area contributed by atoms with Gasteiger partial charge in [-0.25, -0.2) is 0 Å². The molecule has 0 amide bonds. The number of nitrogens with zero attached hydrogens (tertiary/aromatic N) is 1. The van der Waals surface area contributed by atoms with Crippen LogP contribution < -0.4 is 5.32 Å². The average molecular weight is 256 g/mol. The summed E-state index contributed by atoms with van der Waals surface area (Å²) in [6.07, 6.45) is 2.55. The number of furan rings is 1. The summed E-state index contributed by atoms with van der Waals surface area (Å²) in [6.45, 7) is 3.54. The lowest BCUT2D eigenvalue weighted by molar-refractivity contribution is 0.372. The highest BCUT2D eigenvalue weighted by molar-refractivity contribution is 5.82. The molecule has 3 rings (SSSR count). The first-order valence-electron chi connectivity index (χ1n) is 6.48. The van der Waals surface area contributed by atoms with Crippen LogP contribution >= 0.6 is 0 Å². The first-order valence-corrected chi connectivity index (χ1v) is 6.48. The van der Waals surface area contributed by atoms with E-state index in [4.69, 9.17) is 8.94 Å². The zero-order valence-electron chi connectivity index (χ0n) is 10.8. The van der Waals surface area contributed by atoms with E-state index in [0.29, 0.717) is 6.54 Å². The Labute approximate surface area is 111 Å². The number of hydrogen-bond donors (Lipinski definition) is 1. The lowest BCUT2D eigenvalue weighted by Gasteiger charge is -2.02. The second kappa shape index (κ2) is 5.28. The quantitative estimate of drug-likeness (QED) is 0.761. The molecule has 0 saturated heterocycles. The van der Waals surface area contributed by atoms with Gasteiger partial charge >= 0.3 is 0 Å². The normalized spacial score (nSPS) is 11.2. The molecule has 0 radical (unpaired) electrons. The molecule has 0 bridgehead atoms. The van der Waals surface area contributed by atoms with Crippen LogP contribution in [0.1, 0.15) is 24.0 Å². The highest BCUT2D eigenvalue weighted by atomic mass is 16.5. The molecule has 0 saturated carbocycles. The maximum atomic E-state index is 5.86. The third-order valence-corrected chi connectivity index (χ3v) is 3.20. The topological polar surface area (TPSA) is 51.2 Å². The fraction of sp³-hybridized carbons (Fsp3) is 0.267. The fourth-order valence-electron chi connectivity index (χ4n) is 2.27. The van der Waals surface area contributed by atoms with Crippen molar-refractivity contribution in [2.24, 2.45) is 0 Å². The maximum Gasteiger partial charge on any atom is 0.150 e. The Kier molecular flexibility index (Phi) is 3.33. The van der Waals surface area contributed by atoms with Crippen molar-refractivity contribution >= 4 is 11.0 Å². The minimum Gasteiger partial charge on any atom is -0.461 e. The van der Waals surface area contributed by atoms with Crippen molar-refractivity contribution in [1.29, 1.82) is 0 Å². The molecule has 2 heterocycles. The van der Waals surface area contributed by atoms with E-state index in [1.165, 1.54) is 10.9 Å². The molecule has 4 heteroatoms. The Morgan fingerprint density at radius 2 is 2.05 bits per heavy atom. The van der Waals surface area contributed by atoms with Gasteiger partial charge < -0.3 is 14.3 Å². The van der Waals surface area contributed by atoms with Gasteiger partial charge in [-0.2, -0.15) is 0 Å². The number of rotatable bonds is 5. The highest BCUT2D eigenvalue weighted by Gasteiger charge is 2.11. The van der Waals surface area contributed by atoms with Crippen LogP contribution in [0.3, 0.4) is 0 Å². The number of para-hydroxylation sites is 1. The summed E-state index contributed by atoms with van der Waals surface area (Å²) in [5, 5.41) is 8.24. The van der Waals surface area contributed by atoms with Crippen molar-refractivity contribution in [2.45, 2.75) is 26.4 Å². The van der Waals surface area contributed by atoms with Gasteiger partial charge in [0.05, 0.1) is 12.7 Å². The van der Waals surface area contributed by atoms with E-state index in [2.05, 4.69) is 23.5 Å². The van der Waals surface area contributed by atoms with Crippen LogP contribution in [0.25, 0.3) is 11.0 Å². The van der Waals surface area contributed by atoms with Gasteiger partial charge in [-0.05, 0) is 6.07 Å². The van der Waals surface area contributed by atoms with Crippen LogP contribution in [0, 0.1) is 0 Å². The Balaban J connectivity index is 1.79. The van der Waals surface area contributed by atoms with Crippen LogP contribution in [0.15, 0.2) is 45.5 Å². The van der Waals surface area contributed by atoms with Gasteiger partial charge in [0.1, 0.15) is 17.1 Å². The Morgan fingerprint density at radius 3 is 2.84 bits per heavy atom. The van der Waals surface area contributed by atoms with Crippen molar-refractivity contribution in [3.05, 3.63) is 53.6 Å². The third-order valence-electron chi connectivity index (χ3n) is 3.20. The minimum atomic E-state index is 0.669. The van der Waals surface area contributed by atoms with Gasteiger partial charge in [-0.3, -0.25) is 0 Å². The SMILES string of the molecule is CCc1oc2ccccc2c1CNCc1ccno1. The number of hydrogen-bond acceptors (Lipinski definition) is 4. The Morgan fingerprint density at radius 1 is 1.16 bits per heavy atom. The fourth-order valence-corrected chi connectivity index (χ4v) is 2.27. The van der Waals surface area contributed by atoms with Crippen molar-refractivity contribution < 1.29 is 8.94 Å². The number of fused-ring (bicyclic) bond motifs is 1. The van der Waals surface area contributed by atoms with Crippen molar-refractivity contribution in [3.8, 4) is 0 Å². The van der Waals surface area contributed by atoms with Gasteiger partial charge in [0.2, 0.25) is 0 Å². The first-order chi connectivity index (χ1) is 9.38.